The predicted octanol–water partition coefficient (Wildman–Crippen LogP) is 2.48. The van der Waals surface area contributed by atoms with Crippen LogP contribution in [0.1, 0.15) is 22.1 Å². The zero-order valence-electron chi connectivity index (χ0n) is 12.6. The molecule has 0 bridgehead atoms. The highest BCUT2D eigenvalue weighted by Gasteiger charge is 2.29. The molecule has 1 atom stereocenters. The zero-order valence-corrected chi connectivity index (χ0v) is 12.6. The fraction of sp³-hybridized carbons (Fsp3) is 0.188. The molecule has 1 amide bonds. The summed E-state index contributed by atoms with van der Waals surface area (Å²) in [6.45, 7) is 0. The molecule has 0 unspecified atom stereocenters. The van der Waals surface area contributed by atoms with Gasteiger partial charge in [0.2, 0.25) is 6.23 Å². The van der Waals surface area contributed by atoms with Crippen molar-refractivity contribution >= 4 is 17.3 Å². The van der Waals surface area contributed by atoms with Crippen LogP contribution in [-0.2, 0) is 0 Å². The topological polar surface area (TPSA) is 84.7 Å². The van der Waals surface area contributed by atoms with Gasteiger partial charge < -0.3 is 15.0 Å². The number of nitrogens with zero attached hydrogens (tertiary/aromatic N) is 2. The van der Waals surface area contributed by atoms with Crippen molar-refractivity contribution in [2.45, 2.75) is 6.23 Å². The molecule has 7 heteroatoms. The molecule has 1 heterocycles. The van der Waals surface area contributed by atoms with Crippen LogP contribution in [0, 0.1) is 10.1 Å². The fourth-order valence-corrected chi connectivity index (χ4v) is 2.52. The molecule has 2 aromatic carbocycles. The predicted molar refractivity (Wildman–Crippen MR) is 84.7 cm³/mol. The van der Waals surface area contributed by atoms with E-state index in [0.29, 0.717) is 16.9 Å². The summed E-state index contributed by atoms with van der Waals surface area (Å²) in [5.74, 6) is 0.186. The standard InChI is InChI=1S/C16H15N3O4/c1-18(2)13-8-7-10(19(21)22)9-12(13)16-17-15(20)11-5-3-4-6-14(11)23-16/h3-9,16H,1-2H3,(H,17,20)/t16-/m0/s1. The van der Waals surface area contributed by atoms with Crippen LogP contribution in [0.4, 0.5) is 11.4 Å². The van der Waals surface area contributed by atoms with Gasteiger partial charge in [-0.15, -0.1) is 0 Å². The van der Waals surface area contributed by atoms with Gasteiger partial charge in [0, 0.05) is 37.5 Å². The molecule has 0 saturated heterocycles. The molecule has 1 aliphatic rings. The third kappa shape index (κ3) is 2.68. The molecule has 3 rings (SSSR count). The first-order valence-electron chi connectivity index (χ1n) is 6.99. The van der Waals surface area contributed by atoms with Crippen molar-refractivity contribution in [3.8, 4) is 5.75 Å². The van der Waals surface area contributed by atoms with Crippen LogP contribution in [-0.4, -0.2) is 24.9 Å². The van der Waals surface area contributed by atoms with Gasteiger partial charge in [-0.3, -0.25) is 14.9 Å². The van der Waals surface area contributed by atoms with Gasteiger partial charge in [0.1, 0.15) is 5.75 Å². The van der Waals surface area contributed by atoms with Crippen molar-refractivity contribution in [1.29, 1.82) is 0 Å². The SMILES string of the molecule is CN(C)c1ccc([N+](=O)[O-])cc1[C@H]1NC(=O)c2ccccc2O1. The average Bonchev–Trinajstić information content (AvgIpc) is 2.54. The van der Waals surface area contributed by atoms with Crippen molar-refractivity contribution < 1.29 is 14.5 Å². The Bertz CT molecular complexity index is 789. The van der Waals surface area contributed by atoms with Crippen molar-refractivity contribution in [2.75, 3.05) is 19.0 Å². The quantitative estimate of drug-likeness (QED) is 0.695. The van der Waals surface area contributed by atoms with Crippen molar-refractivity contribution in [1.82, 2.24) is 5.32 Å². The molecule has 0 aliphatic carbocycles. The Balaban J connectivity index is 2.06. The summed E-state index contributed by atoms with van der Waals surface area (Å²) in [5, 5.41) is 13.8. The Labute approximate surface area is 132 Å². The Morgan fingerprint density at radius 2 is 1.96 bits per heavy atom. The molecule has 0 spiro atoms. The number of amides is 1. The van der Waals surface area contributed by atoms with Gasteiger partial charge in [0.25, 0.3) is 11.6 Å². The van der Waals surface area contributed by atoms with E-state index in [4.69, 9.17) is 4.74 Å². The summed E-state index contributed by atoms with van der Waals surface area (Å²) in [6, 6.07) is 11.4. The molecule has 118 valence electrons. The van der Waals surface area contributed by atoms with E-state index < -0.39 is 11.2 Å². The van der Waals surface area contributed by atoms with Crippen LogP contribution in [0.5, 0.6) is 5.75 Å². The van der Waals surface area contributed by atoms with E-state index in [1.165, 1.54) is 12.1 Å². The second-order valence-electron chi connectivity index (χ2n) is 5.36. The summed E-state index contributed by atoms with van der Waals surface area (Å²) in [5.41, 5.74) is 1.66. The first kappa shape index (κ1) is 14.8. The molecule has 2 aromatic rings. The number of hydrogen-bond donors (Lipinski definition) is 1. The van der Waals surface area contributed by atoms with E-state index in [-0.39, 0.29) is 11.6 Å². The van der Waals surface area contributed by atoms with Gasteiger partial charge in [0.05, 0.1) is 10.5 Å². The van der Waals surface area contributed by atoms with E-state index in [0.717, 1.165) is 5.69 Å². The summed E-state index contributed by atoms with van der Waals surface area (Å²) in [6.07, 6.45) is -0.783. The van der Waals surface area contributed by atoms with Crippen LogP contribution in [0.2, 0.25) is 0 Å². The van der Waals surface area contributed by atoms with E-state index in [1.807, 2.05) is 19.0 Å². The van der Waals surface area contributed by atoms with Crippen molar-refractivity contribution in [3.63, 3.8) is 0 Å². The largest absolute Gasteiger partial charge is 0.465 e. The number of nitro benzene ring substituents is 1. The Morgan fingerprint density at radius 1 is 1.22 bits per heavy atom. The van der Waals surface area contributed by atoms with E-state index >= 15 is 0 Å². The number of nitro groups is 1. The van der Waals surface area contributed by atoms with Crippen LogP contribution in [0.15, 0.2) is 42.5 Å². The van der Waals surface area contributed by atoms with Crippen molar-refractivity contribution in [3.05, 3.63) is 63.7 Å². The molecule has 0 fully saturated rings. The number of rotatable bonds is 3. The van der Waals surface area contributed by atoms with E-state index in [2.05, 4.69) is 5.32 Å². The maximum Gasteiger partial charge on any atom is 0.270 e. The summed E-state index contributed by atoms with van der Waals surface area (Å²) < 4.78 is 5.83. The molecule has 7 nitrogen and oxygen atoms in total. The van der Waals surface area contributed by atoms with Crippen molar-refractivity contribution in [2.24, 2.45) is 0 Å². The van der Waals surface area contributed by atoms with Gasteiger partial charge in [0.15, 0.2) is 0 Å². The number of benzene rings is 2. The number of hydrogen-bond acceptors (Lipinski definition) is 5. The Morgan fingerprint density at radius 3 is 2.65 bits per heavy atom. The van der Waals surface area contributed by atoms with Crippen LogP contribution < -0.4 is 15.0 Å². The van der Waals surface area contributed by atoms with Crippen LogP contribution in [0.3, 0.4) is 0 Å². The lowest BCUT2D eigenvalue weighted by Crippen LogP contribution is -2.37. The molecular formula is C16H15N3O4. The molecular weight excluding hydrogens is 298 g/mol. The normalized spacial score (nSPS) is 16.1. The van der Waals surface area contributed by atoms with Gasteiger partial charge in [-0.05, 0) is 18.2 Å². The molecule has 23 heavy (non-hydrogen) atoms. The lowest BCUT2D eigenvalue weighted by Gasteiger charge is -2.29. The maximum atomic E-state index is 12.2. The highest BCUT2D eigenvalue weighted by Crippen LogP contribution is 2.34. The lowest BCUT2D eigenvalue weighted by atomic mass is 10.1. The van der Waals surface area contributed by atoms with Crippen LogP contribution >= 0.6 is 0 Å². The highest BCUT2D eigenvalue weighted by atomic mass is 16.6. The number of anilines is 1. The number of nitrogens with one attached hydrogen (secondary N) is 1. The molecule has 1 aliphatic heterocycles. The number of fused-ring (bicyclic) bond motifs is 1. The lowest BCUT2D eigenvalue weighted by molar-refractivity contribution is -0.385. The smallest absolute Gasteiger partial charge is 0.270 e. The minimum Gasteiger partial charge on any atom is -0.465 e. The number of ether oxygens (including phenoxy) is 1. The molecule has 0 saturated carbocycles. The first-order valence-corrected chi connectivity index (χ1v) is 6.99. The van der Waals surface area contributed by atoms with Gasteiger partial charge in [-0.1, -0.05) is 12.1 Å². The highest BCUT2D eigenvalue weighted by molar-refractivity contribution is 5.98. The maximum absolute atomic E-state index is 12.2. The number of para-hydroxylation sites is 1. The fourth-order valence-electron chi connectivity index (χ4n) is 2.52. The second-order valence-corrected chi connectivity index (χ2v) is 5.36. The molecule has 0 aromatic heterocycles. The average molecular weight is 313 g/mol. The third-order valence-electron chi connectivity index (χ3n) is 3.62. The summed E-state index contributed by atoms with van der Waals surface area (Å²) in [4.78, 5) is 24.6. The van der Waals surface area contributed by atoms with Crippen LogP contribution in [0.25, 0.3) is 0 Å². The molecule has 1 N–H and O–H groups in total. The minimum atomic E-state index is -0.783. The van der Waals surface area contributed by atoms with Gasteiger partial charge >= 0.3 is 0 Å². The van der Waals surface area contributed by atoms with Gasteiger partial charge in [-0.25, -0.2) is 0 Å². The zero-order chi connectivity index (χ0) is 16.6. The summed E-state index contributed by atoms with van der Waals surface area (Å²) >= 11 is 0. The number of non-ortho nitro benzene ring substituents is 1. The minimum absolute atomic E-state index is 0.0534. The van der Waals surface area contributed by atoms with E-state index in [9.17, 15) is 14.9 Å². The first-order chi connectivity index (χ1) is 11.0. The Kier molecular flexibility index (Phi) is 3.61. The summed E-state index contributed by atoms with van der Waals surface area (Å²) in [7, 11) is 3.65. The monoisotopic (exact) mass is 313 g/mol. The molecule has 0 radical (unpaired) electrons. The third-order valence-corrected chi connectivity index (χ3v) is 3.62. The van der Waals surface area contributed by atoms with Gasteiger partial charge in [-0.2, -0.15) is 0 Å². The Hall–Kier alpha value is -3.09. The number of carbonyl (C=O) groups is 1. The van der Waals surface area contributed by atoms with E-state index in [1.54, 1.807) is 30.3 Å². The number of carbonyl (C=O) groups excluding carboxylic acids is 1. The second kappa shape index (κ2) is 5.60.